The zero-order valence-electron chi connectivity index (χ0n) is 23.1. The van der Waals surface area contributed by atoms with Gasteiger partial charge in [-0.3, -0.25) is 0 Å². The molecule has 0 saturated heterocycles. The van der Waals surface area contributed by atoms with Gasteiger partial charge in [-0.15, -0.1) is 0 Å². The molecule has 0 spiro atoms. The Morgan fingerprint density at radius 3 is 1.07 bits per heavy atom. The molecule has 0 N–H and O–H groups in total. The van der Waals surface area contributed by atoms with Crippen LogP contribution in [-0.2, 0) is 26.6 Å². The van der Waals surface area contributed by atoms with E-state index in [4.69, 9.17) is 13.3 Å². The molecule has 0 radical (unpaired) electrons. The summed E-state index contributed by atoms with van der Waals surface area (Å²) in [6.07, 6.45) is -11.4. The molecule has 0 amide bonds. The Hall–Kier alpha value is -0.716. The van der Waals surface area contributed by atoms with Gasteiger partial charge >= 0.3 is 53.7 Å². The Kier molecular flexibility index (Phi) is 17.5. The van der Waals surface area contributed by atoms with Crippen molar-refractivity contribution >= 4 is 18.3 Å². The van der Waals surface area contributed by atoms with Gasteiger partial charge in [0.15, 0.2) is 0 Å². The van der Waals surface area contributed by atoms with Gasteiger partial charge in [-0.05, 0) is 41.5 Å². The van der Waals surface area contributed by atoms with Gasteiger partial charge in [0.1, 0.15) is 0 Å². The van der Waals surface area contributed by atoms with E-state index < -0.39 is 86.4 Å². The van der Waals surface area contributed by atoms with E-state index in [1.807, 2.05) is 20.8 Å². The molecule has 21 heteroatoms. The molecule has 0 aliphatic rings. The van der Waals surface area contributed by atoms with E-state index in [-0.39, 0.29) is 0 Å². The Morgan fingerprint density at radius 2 is 0.805 bits per heavy atom. The highest BCUT2D eigenvalue weighted by molar-refractivity contribution is 6.63. The van der Waals surface area contributed by atoms with Crippen LogP contribution in [0.3, 0.4) is 0 Å². The summed E-state index contributed by atoms with van der Waals surface area (Å²) in [6, 6.07) is 0. The zero-order chi connectivity index (χ0) is 33.0. The first-order valence-electron chi connectivity index (χ1n) is 12.2. The van der Waals surface area contributed by atoms with Crippen molar-refractivity contribution in [2.75, 3.05) is 39.6 Å². The second-order valence-corrected chi connectivity index (χ2v) is 11.8. The predicted octanol–water partition coefficient (Wildman–Crippen LogP) is 6.91. The molecule has 0 atom stereocenters. The molecule has 0 aromatic rings. The lowest BCUT2D eigenvalue weighted by Crippen LogP contribution is -2.76. The summed E-state index contributed by atoms with van der Waals surface area (Å²) in [5, 5.41) is 0. The molecule has 41 heavy (non-hydrogen) atoms. The lowest BCUT2D eigenvalue weighted by Gasteiger charge is -2.43. The first kappa shape index (κ1) is 42.4. The van der Waals surface area contributed by atoms with Crippen LogP contribution in [0, 0.1) is 0 Å². The van der Waals surface area contributed by atoms with Crippen LogP contribution >= 0.6 is 0 Å². The van der Waals surface area contributed by atoms with Crippen molar-refractivity contribution in [2.45, 2.75) is 89.8 Å². The van der Waals surface area contributed by atoms with Crippen molar-refractivity contribution in [1.29, 1.82) is 0 Å². The van der Waals surface area contributed by atoms with Gasteiger partial charge in [0.05, 0.1) is 0 Å². The molecule has 0 aromatic carbocycles. The van der Waals surface area contributed by atoms with Crippen molar-refractivity contribution in [3.8, 4) is 0 Å². The SMILES string of the molecule is CCO[SiH](OCC)OCC.CCO[Si](OCC)(OCC)C(F)(F)C(F)(F)C(F)(F)C(F)(F)C(F)(F)CCC(F)(F)F. The highest BCUT2D eigenvalue weighted by Gasteiger charge is 2.91. The maximum Gasteiger partial charge on any atom is 0.582 e. The molecular weight excluding hydrogens is 639 g/mol. The maximum atomic E-state index is 14.6. The molecule has 0 unspecified atom stereocenters. The van der Waals surface area contributed by atoms with Crippen LogP contribution in [0.2, 0.25) is 0 Å². The summed E-state index contributed by atoms with van der Waals surface area (Å²) in [7, 11) is -8.01. The van der Waals surface area contributed by atoms with Crippen LogP contribution in [0.1, 0.15) is 54.4 Å². The van der Waals surface area contributed by atoms with Crippen molar-refractivity contribution in [2.24, 2.45) is 0 Å². The monoisotopic (exact) mass is 674 g/mol. The first-order chi connectivity index (χ1) is 18.5. The summed E-state index contributed by atoms with van der Waals surface area (Å²) in [5.41, 5.74) is -6.39. The normalized spacial score (nSPS) is 14.3. The molecule has 0 aliphatic carbocycles. The summed E-state index contributed by atoms with van der Waals surface area (Å²) in [5.74, 6) is -28.6. The van der Waals surface area contributed by atoms with Crippen LogP contribution in [0.4, 0.5) is 57.1 Å². The van der Waals surface area contributed by atoms with Gasteiger partial charge in [-0.1, -0.05) is 0 Å². The molecule has 0 bridgehead atoms. The average Bonchev–Trinajstić information content (AvgIpc) is 2.83. The zero-order valence-corrected chi connectivity index (χ0v) is 25.3. The maximum absolute atomic E-state index is 14.6. The van der Waals surface area contributed by atoms with E-state index in [1.54, 1.807) is 0 Å². The third kappa shape index (κ3) is 10.5. The van der Waals surface area contributed by atoms with Crippen molar-refractivity contribution in [3.63, 3.8) is 0 Å². The van der Waals surface area contributed by atoms with E-state index in [9.17, 15) is 57.1 Å². The highest BCUT2D eigenvalue weighted by atomic mass is 28.4. The molecule has 0 saturated carbocycles. The molecule has 6 nitrogen and oxygen atoms in total. The Bertz CT molecular complexity index is 699. The van der Waals surface area contributed by atoms with E-state index >= 15 is 0 Å². The summed E-state index contributed by atoms with van der Waals surface area (Å²) in [6.45, 7) is 7.84. The summed E-state index contributed by atoms with van der Waals surface area (Å²) < 4.78 is 205. The molecule has 0 rings (SSSR count). The van der Waals surface area contributed by atoms with Crippen LogP contribution in [0.25, 0.3) is 0 Å². The number of rotatable bonds is 19. The number of hydrogen-bond acceptors (Lipinski definition) is 6. The van der Waals surface area contributed by atoms with Gasteiger partial charge in [0, 0.05) is 52.5 Å². The van der Waals surface area contributed by atoms with E-state index in [1.165, 1.54) is 0 Å². The van der Waals surface area contributed by atoms with Gasteiger partial charge in [0.2, 0.25) is 0 Å². The van der Waals surface area contributed by atoms with E-state index in [0.29, 0.717) is 19.8 Å². The fourth-order valence-corrected chi connectivity index (χ4v) is 6.37. The van der Waals surface area contributed by atoms with Gasteiger partial charge in [0.25, 0.3) is 0 Å². The molecule has 0 heterocycles. The van der Waals surface area contributed by atoms with E-state index in [0.717, 1.165) is 20.8 Å². The summed E-state index contributed by atoms with van der Waals surface area (Å²) >= 11 is 0. The molecular formula is C20H35F13O6Si2. The van der Waals surface area contributed by atoms with Gasteiger partial charge < -0.3 is 26.6 Å². The fourth-order valence-electron chi connectivity index (χ4n) is 2.79. The van der Waals surface area contributed by atoms with Crippen molar-refractivity contribution in [3.05, 3.63) is 0 Å². The number of alkyl halides is 13. The molecule has 0 aromatic heterocycles. The first-order valence-corrected chi connectivity index (χ1v) is 15.3. The van der Waals surface area contributed by atoms with E-state index in [2.05, 4.69) is 13.3 Å². The standard InChI is InChI=1S/C14H19F13O3Si.C6H16O3Si/c1-4-28-31(29-5-2,30-6-3)14(26,27)13(24,25)12(22,23)11(20,21)9(15,16)7-8-10(17,18)19;1-4-7-10(8-5-2)9-6-3/h4-8H2,1-3H3;10H,4-6H2,1-3H3. The Morgan fingerprint density at radius 1 is 0.463 bits per heavy atom. The third-order valence-corrected chi connectivity index (χ3v) is 9.57. The van der Waals surface area contributed by atoms with Crippen LogP contribution in [0.5, 0.6) is 0 Å². The third-order valence-electron chi connectivity index (χ3n) is 4.66. The van der Waals surface area contributed by atoms with Gasteiger partial charge in [-0.25, -0.2) is 0 Å². The van der Waals surface area contributed by atoms with Crippen molar-refractivity contribution < 1.29 is 83.6 Å². The molecule has 250 valence electrons. The Labute approximate surface area is 232 Å². The minimum Gasteiger partial charge on any atom is -0.376 e. The van der Waals surface area contributed by atoms with Gasteiger partial charge in [-0.2, -0.15) is 57.1 Å². The number of hydrogen-bond donors (Lipinski definition) is 0. The molecule has 0 fully saturated rings. The minimum absolute atomic E-state index is 0.677. The lowest BCUT2D eigenvalue weighted by molar-refractivity contribution is -0.397. The fraction of sp³-hybridized carbons (Fsp3) is 1.00. The highest BCUT2D eigenvalue weighted by Crippen LogP contribution is 2.60. The summed E-state index contributed by atoms with van der Waals surface area (Å²) in [4.78, 5) is 0. The second kappa shape index (κ2) is 16.9. The quantitative estimate of drug-likeness (QED) is 0.110. The lowest BCUT2D eigenvalue weighted by atomic mass is 9.95. The van der Waals surface area contributed by atoms with Crippen LogP contribution in [-0.4, -0.2) is 93.4 Å². The Balaban J connectivity index is 0. The predicted molar refractivity (Wildman–Crippen MR) is 123 cm³/mol. The van der Waals surface area contributed by atoms with Crippen molar-refractivity contribution in [1.82, 2.24) is 0 Å². The van der Waals surface area contributed by atoms with Crippen LogP contribution in [0.15, 0.2) is 0 Å². The smallest absolute Gasteiger partial charge is 0.376 e. The number of halogens is 13. The minimum atomic E-state index is -7.55. The van der Waals surface area contributed by atoms with Crippen LogP contribution < -0.4 is 0 Å². The average molecular weight is 675 g/mol. The largest absolute Gasteiger partial charge is 0.582 e. The second-order valence-electron chi connectivity index (χ2n) is 7.63. The molecule has 0 aliphatic heterocycles. The topological polar surface area (TPSA) is 55.4 Å².